The Morgan fingerprint density at radius 2 is 1.78 bits per heavy atom. The van der Waals surface area contributed by atoms with Crippen LogP contribution in [-0.2, 0) is 0 Å². The molecule has 0 radical (unpaired) electrons. The fourth-order valence-corrected chi connectivity index (χ4v) is 2.03. The maximum atomic E-state index is 9.71. The molecule has 0 aliphatic rings. The van der Waals surface area contributed by atoms with E-state index in [4.69, 9.17) is 9.47 Å². The van der Waals surface area contributed by atoms with Crippen molar-refractivity contribution in [2.75, 3.05) is 13.2 Å². The molecule has 0 aliphatic heterocycles. The highest BCUT2D eigenvalue weighted by molar-refractivity contribution is 5.87. The van der Waals surface area contributed by atoms with Crippen molar-refractivity contribution in [1.82, 2.24) is 4.98 Å². The quantitative estimate of drug-likeness (QED) is 0.856. The van der Waals surface area contributed by atoms with Crippen molar-refractivity contribution in [3.8, 4) is 11.5 Å². The van der Waals surface area contributed by atoms with Crippen molar-refractivity contribution in [1.29, 1.82) is 0 Å². The van der Waals surface area contributed by atoms with Gasteiger partial charge in [-0.05, 0) is 26.8 Å². The SMILES string of the molecule is CCOc1cc2[nH]cc(C(C)O)c2cc1OCC. The third-order valence-electron chi connectivity index (χ3n) is 2.83. The first kappa shape index (κ1) is 12.8. The van der Waals surface area contributed by atoms with Gasteiger partial charge < -0.3 is 19.6 Å². The lowest BCUT2D eigenvalue weighted by atomic mass is 10.1. The van der Waals surface area contributed by atoms with Crippen LogP contribution in [0.25, 0.3) is 10.9 Å². The highest BCUT2D eigenvalue weighted by Crippen LogP contribution is 2.35. The molecule has 0 saturated carbocycles. The van der Waals surface area contributed by atoms with Crippen LogP contribution in [0.2, 0.25) is 0 Å². The average molecular weight is 249 g/mol. The van der Waals surface area contributed by atoms with Crippen molar-refractivity contribution in [3.05, 3.63) is 23.9 Å². The summed E-state index contributed by atoms with van der Waals surface area (Å²) in [6.45, 7) is 6.80. The van der Waals surface area contributed by atoms with Gasteiger partial charge in [-0.15, -0.1) is 0 Å². The topological polar surface area (TPSA) is 54.5 Å². The van der Waals surface area contributed by atoms with Gasteiger partial charge in [-0.2, -0.15) is 0 Å². The van der Waals surface area contributed by atoms with E-state index in [-0.39, 0.29) is 0 Å². The van der Waals surface area contributed by atoms with Gasteiger partial charge in [-0.1, -0.05) is 0 Å². The van der Waals surface area contributed by atoms with Gasteiger partial charge in [0.25, 0.3) is 0 Å². The van der Waals surface area contributed by atoms with Crippen molar-refractivity contribution < 1.29 is 14.6 Å². The molecule has 4 nitrogen and oxygen atoms in total. The van der Waals surface area contributed by atoms with Crippen LogP contribution < -0.4 is 9.47 Å². The number of ether oxygens (including phenoxy) is 2. The molecule has 1 atom stereocenters. The van der Waals surface area contributed by atoms with E-state index in [1.807, 2.05) is 32.2 Å². The summed E-state index contributed by atoms with van der Waals surface area (Å²) >= 11 is 0. The number of fused-ring (bicyclic) bond motifs is 1. The third-order valence-corrected chi connectivity index (χ3v) is 2.83. The molecule has 1 unspecified atom stereocenters. The standard InChI is InChI=1S/C14H19NO3/c1-4-17-13-6-10-11(9(3)16)8-15-12(10)7-14(13)18-5-2/h6-9,15-16H,4-5H2,1-3H3. The molecule has 2 aromatic rings. The molecular formula is C14H19NO3. The monoisotopic (exact) mass is 249 g/mol. The predicted molar refractivity (Wildman–Crippen MR) is 71.3 cm³/mol. The van der Waals surface area contributed by atoms with Gasteiger partial charge in [0.2, 0.25) is 0 Å². The zero-order chi connectivity index (χ0) is 13.1. The van der Waals surface area contributed by atoms with E-state index >= 15 is 0 Å². The zero-order valence-corrected chi connectivity index (χ0v) is 11.0. The first-order valence-electron chi connectivity index (χ1n) is 6.26. The van der Waals surface area contributed by atoms with Crippen LogP contribution in [0, 0.1) is 0 Å². The van der Waals surface area contributed by atoms with E-state index in [0.717, 1.165) is 22.2 Å². The number of aromatic amines is 1. The van der Waals surface area contributed by atoms with Gasteiger partial charge >= 0.3 is 0 Å². The molecule has 4 heteroatoms. The van der Waals surface area contributed by atoms with E-state index in [1.165, 1.54) is 0 Å². The minimum absolute atomic E-state index is 0.508. The van der Waals surface area contributed by atoms with Crippen molar-refractivity contribution in [2.45, 2.75) is 26.9 Å². The summed E-state index contributed by atoms with van der Waals surface area (Å²) in [4.78, 5) is 3.14. The summed E-state index contributed by atoms with van der Waals surface area (Å²) in [5.74, 6) is 1.44. The Bertz CT molecular complexity index is 531. The number of rotatable bonds is 5. The van der Waals surface area contributed by atoms with Crippen molar-refractivity contribution in [3.63, 3.8) is 0 Å². The number of hydrogen-bond donors (Lipinski definition) is 2. The van der Waals surface area contributed by atoms with Gasteiger partial charge in [0.15, 0.2) is 11.5 Å². The Balaban J connectivity index is 2.55. The van der Waals surface area contributed by atoms with Gasteiger partial charge in [0.05, 0.1) is 19.3 Å². The first-order valence-corrected chi connectivity index (χ1v) is 6.26. The molecular weight excluding hydrogens is 230 g/mol. The summed E-state index contributed by atoms with van der Waals surface area (Å²) in [6.07, 6.45) is 1.31. The summed E-state index contributed by atoms with van der Waals surface area (Å²) in [5.41, 5.74) is 1.81. The average Bonchev–Trinajstić information content (AvgIpc) is 2.73. The summed E-state index contributed by atoms with van der Waals surface area (Å²) in [6, 6.07) is 3.83. The fourth-order valence-electron chi connectivity index (χ4n) is 2.03. The van der Waals surface area contributed by atoms with Crippen LogP contribution in [0.4, 0.5) is 0 Å². The second-order valence-corrected chi connectivity index (χ2v) is 4.13. The maximum Gasteiger partial charge on any atom is 0.163 e. The Morgan fingerprint density at radius 1 is 1.17 bits per heavy atom. The van der Waals surface area contributed by atoms with Crippen LogP contribution in [0.5, 0.6) is 11.5 Å². The second kappa shape index (κ2) is 5.31. The van der Waals surface area contributed by atoms with Crippen LogP contribution in [-0.4, -0.2) is 23.3 Å². The molecule has 0 spiro atoms. The highest BCUT2D eigenvalue weighted by Gasteiger charge is 2.13. The number of nitrogens with one attached hydrogen (secondary N) is 1. The van der Waals surface area contributed by atoms with Crippen LogP contribution in [0.15, 0.2) is 18.3 Å². The lowest BCUT2D eigenvalue weighted by Crippen LogP contribution is -1.98. The number of aliphatic hydroxyl groups excluding tert-OH is 1. The van der Waals surface area contributed by atoms with Gasteiger partial charge in [-0.25, -0.2) is 0 Å². The molecule has 0 amide bonds. The number of aliphatic hydroxyl groups is 1. The second-order valence-electron chi connectivity index (χ2n) is 4.13. The Morgan fingerprint density at radius 3 is 2.33 bits per heavy atom. The minimum atomic E-state index is -0.508. The van der Waals surface area contributed by atoms with E-state index in [0.29, 0.717) is 19.0 Å². The van der Waals surface area contributed by atoms with Crippen molar-refractivity contribution in [2.24, 2.45) is 0 Å². The smallest absolute Gasteiger partial charge is 0.163 e. The number of hydrogen-bond acceptors (Lipinski definition) is 3. The molecule has 0 fully saturated rings. The fraction of sp³-hybridized carbons (Fsp3) is 0.429. The molecule has 1 heterocycles. The molecule has 1 aromatic carbocycles. The lowest BCUT2D eigenvalue weighted by molar-refractivity contribution is 0.201. The van der Waals surface area contributed by atoms with Gasteiger partial charge in [0, 0.05) is 28.7 Å². The molecule has 2 rings (SSSR count). The number of benzene rings is 1. The van der Waals surface area contributed by atoms with Gasteiger partial charge in [-0.3, -0.25) is 0 Å². The predicted octanol–water partition coefficient (Wildman–Crippen LogP) is 3.02. The molecule has 1 aromatic heterocycles. The highest BCUT2D eigenvalue weighted by atomic mass is 16.5. The van der Waals surface area contributed by atoms with E-state index < -0.39 is 6.10 Å². The normalized spacial score (nSPS) is 12.7. The number of aromatic nitrogens is 1. The summed E-state index contributed by atoms with van der Waals surface area (Å²) < 4.78 is 11.1. The van der Waals surface area contributed by atoms with Crippen LogP contribution in [0.3, 0.4) is 0 Å². The maximum absolute atomic E-state index is 9.71. The van der Waals surface area contributed by atoms with E-state index in [9.17, 15) is 5.11 Å². The Kier molecular flexibility index (Phi) is 3.77. The molecule has 0 saturated heterocycles. The number of H-pyrrole nitrogens is 1. The Hall–Kier alpha value is -1.68. The summed E-state index contributed by atoms with van der Waals surface area (Å²) in [5, 5.41) is 10.7. The lowest BCUT2D eigenvalue weighted by Gasteiger charge is -2.11. The largest absolute Gasteiger partial charge is 0.490 e. The molecule has 98 valence electrons. The van der Waals surface area contributed by atoms with E-state index in [1.54, 1.807) is 6.92 Å². The van der Waals surface area contributed by atoms with E-state index in [2.05, 4.69) is 4.98 Å². The molecule has 0 bridgehead atoms. The Labute approximate surface area is 107 Å². The third kappa shape index (κ3) is 2.29. The van der Waals surface area contributed by atoms with Gasteiger partial charge in [0.1, 0.15) is 0 Å². The molecule has 18 heavy (non-hydrogen) atoms. The minimum Gasteiger partial charge on any atom is -0.490 e. The van der Waals surface area contributed by atoms with Crippen LogP contribution in [0.1, 0.15) is 32.4 Å². The molecule has 0 aliphatic carbocycles. The van der Waals surface area contributed by atoms with Crippen LogP contribution >= 0.6 is 0 Å². The molecule has 2 N–H and O–H groups in total. The zero-order valence-electron chi connectivity index (χ0n) is 11.0. The van der Waals surface area contributed by atoms with Crippen molar-refractivity contribution >= 4 is 10.9 Å². The first-order chi connectivity index (χ1) is 8.67. The summed E-state index contributed by atoms with van der Waals surface area (Å²) in [7, 11) is 0.